The number of hydrogen-bond donors (Lipinski definition) is 0. The second kappa shape index (κ2) is 15.1. The first kappa shape index (κ1) is 36.8. The Bertz CT molecular complexity index is 1820. The maximum absolute atomic E-state index is 13.2. The van der Waals surface area contributed by atoms with Crippen molar-refractivity contribution >= 4 is 16.9 Å². The Morgan fingerprint density at radius 2 is 1.75 bits per heavy atom. The van der Waals surface area contributed by atoms with Gasteiger partial charge in [-0.2, -0.15) is 0 Å². The molecule has 7 rings (SSSR count). The monoisotopic (exact) mass is 708 g/mol. The van der Waals surface area contributed by atoms with Crippen molar-refractivity contribution in [3.05, 3.63) is 76.2 Å². The molecule has 0 N–H and O–H groups in total. The Morgan fingerprint density at radius 1 is 0.942 bits per heavy atom. The zero-order valence-electron chi connectivity index (χ0n) is 32.4. The van der Waals surface area contributed by atoms with E-state index in [4.69, 9.17) is 18.6 Å². The molecular weight excluding hydrogens is 649 g/mol. The largest absolute Gasteiger partial charge is 0.482 e. The molecule has 1 aromatic heterocycles. The number of carbonyl (C=O) groups is 1. The molecule has 6 heteroatoms. The van der Waals surface area contributed by atoms with Gasteiger partial charge in [0, 0.05) is 12.5 Å². The van der Waals surface area contributed by atoms with Gasteiger partial charge in [-0.25, -0.2) is 4.79 Å². The first-order valence-electron chi connectivity index (χ1n) is 20.3. The number of carbonyl (C=O) groups excluding carboxylic acids is 1. The van der Waals surface area contributed by atoms with Crippen molar-refractivity contribution in [3.8, 4) is 17.2 Å². The van der Waals surface area contributed by atoms with Gasteiger partial charge >= 0.3 is 5.97 Å². The predicted molar refractivity (Wildman–Crippen MR) is 207 cm³/mol. The molecule has 0 saturated heterocycles. The average Bonchev–Trinajstić information content (AvgIpc) is 3.12. The number of para-hydroxylation sites is 1. The van der Waals surface area contributed by atoms with Gasteiger partial charge < -0.3 is 18.6 Å². The van der Waals surface area contributed by atoms with E-state index in [9.17, 15) is 9.59 Å². The highest BCUT2D eigenvalue weighted by Gasteiger charge is 2.56. The number of esters is 1. The summed E-state index contributed by atoms with van der Waals surface area (Å²) < 4.78 is 23.7. The van der Waals surface area contributed by atoms with Crippen LogP contribution in [0.2, 0.25) is 0 Å². The number of allylic oxidation sites excluding steroid dienone is 1. The molecule has 3 fully saturated rings. The Kier molecular flexibility index (Phi) is 10.7. The minimum Gasteiger partial charge on any atom is -0.482 e. The quantitative estimate of drug-likeness (QED) is 0.146. The number of fused-ring (bicyclic) bond motifs is 6. The lowest BCUT2D eigenvalue weighted by molar-refractivity contribution is -0.154. The zero-order chi connectivity index (χ0) is 36.6. The summed E-state index contributed by atoms with van der Waals surface area (Å²) in [6, 6.07) is 14.1. The van der Waals surface area contributed by atoms with Gasteiger partial charge in [0.1, 0.15) is 28.9 Å². The minimum absolute atomic E-state index is 0.117. The minimum atomic E-state index is -0.365. The SMILES string of the molecule is Cc1oc2cc(OCC(=O)O[C@@H]3CC[C@]4(C)C(=CC[C@H]5[C@H]6CC[C@@H]([C@@H](C)CCCC(C)C)C[C@]6(C)CC[C@@H]54)C3)ccc2c(=O)c1Oc1ccccc1. The Balaban J connectivity index is 0.933. The molecular formula is C46H60O6. The summed E-state index contributed by atoms with van der Waals surface area (Å²) in [6.45, 7) is 13.9. The van der Waals surface area contributed by atoms with Crippen LogP contribution in [-0.4, -0.2) is 18.7 Å². The Hall–Kier alpha value is -3.54. The standard InChI is InChI=1S/C46H60O6/c1-29(2)11-10-12-30(3)32-15-20-39-37-18-16-33-25-36(21-24-46(33,6)40(37)22-23-45(39,5)27-32)51-42(47)28-49-35-17-19-38-41(26-35)50-31(4)44(43(38)48)52-34-13-8-7-9-14-34/h7-9,13-14,16-17,19,26,29-30,32,36-37,39-40H,10-12,15,18,20-25,27-28H2,1-6H3/t30-,32+,36+,37-,39+,40-,45-,46+/m0/s1. The second-order valence-corrected chi connectivity index (χ2v) is 17.8. The first-order chi connectivity index (χ1) is 24.9. The van der Waals surface area contributed by atoms with E-state index in [-0.39, 0.29) is 35.3 Å². The molecule has 8 atom stereocenters. The third-order valence-electron chi connectivity index (χ3n) is 14.0. The summed E-state index contributed by atoms with van der Waals surface area (Å²) in [5.74, 6) is 6.09. The van der Waals surface area contributed by atoms with E-state index in [1.54, 1.807) is 37.3 Å². The van der Waals surface area contributed by atoms with Crippen molar-refractivity contribution < 1.29 is 23.4 Å². The van der Waals surface area contributed by atoms with Crippen LogP contribution in [0.5, 0.6) is 17.2 Å². The first-order valence-corrected chi connectivity index (χ1v) is 20.3. The highest BCUT2D eigenvalue weighted by molar-refractivity contribution is 5.80. The number of rotatable bonds is 11. The van der Waals surface area contributed by atoms with E-state index in [2.05, 4.69) is 40.7 Å². The number of aryl methyl sites for hydroxylation is 1. The summed E-state index contributed by atoms with van der Waals surface area (Å²) in [6.07, 6.45) is 17.5. The van der Waals surface area contributed by atoms with Gasteiger partial charge in [-0.1, -0.05) is 83.7 Å². The molecule has 2 aromatic carbocycles. The fraction of sp³-hybridized carbons (Fsp3) is 0.609. The van der Waals surface area contributed by atoms with E-state index < -0.39 is 0 Å². The van der Waals surface area contributed by atoms with E-state index in [0.717, 1.165) is 54.8 Å². The fourth-order valence-corrected chi connectivity index (χ4v) is 11.0. The normalized spacial score (nSPS) is 30.4. The number of benzene rings is 2. The van der Waals surface area contributed by atoms with Crippen LogP contribution in [0.3, 0.4) is 0 Å². The molecule has 0 aliphatic heterocycles. The van der Waals surface area contributed by atoms with Crippen LogP contribution < -0.4 is 14.9 Å². The molecule has 3 aromatic rings. The predicted octanol–water partition coefficient (Wildman–Crippen LogP) is 11.6. The van der Waals surface area contributed by atoms with Crippen LogP contribution in [0.25, 0.3) is 11.0 Å². The average molecular weight is 709 g/mol. The number of hydrogen-bond acceptors (Lipinski definition) is 6. The highest BCUT2D eigenvalue weighted by Crippen LogP contribution is 2.65. The van der Waals surface area contributed by atoms with Crippen molar-refractivity contribution in [3.63, 3.8) is 0 Å². The molecule has 1 heterocycles. The van der Waals surface area contributed by atoms with Crippen LogP contribution in [0.15, 0.2) is 69.4 Å². The van der Waals surface area contributed by atoms with Gasteiger partial charge in [0.2, 0.25) is 11.2 Å². The van der Waals surface area contributed by atoms with E-state index in [1.165, 1.54) is 63.4 Å². The van der Waals surface area contributed by atoms with Crippen molar-refractivity contribution in [1.29, 1.82) is 0 Å². The van der Waals surface area contributed by atoms with Crippen molar-refractivity contribution in [1.82, 2.24) is 0 Å². The van der Waals surface area contributed by atoms with E-state index >= 15 is 0 Å². The van der Waals surface area contributed by atoms with Gasteiger partial charge in [0.25, 0.3) is 0 Å². The second-order valence-electron chi connectivity index (χ2n) is 17.8. The molecule has 3 saturated carbocycles. The third kappa shape index (κ3) is 7.46. The lowest BCUT2D eigenvalue weighted by Crippen LogP contribution is -2.52. The Morgan fingerprint density at radius 3 is 2.54 bits per heavy atom. The lowest BCUT2D eigenvalue weighted by atomic mass is 9.44. The van der Waals surface area contributed by atoms with Crippen LogP contribution in [-0.2, 0) is 9.53 Å². The molecule has 0 spiro atoms. The molecule has 280 valence electrons. The van der Waals surface area contributed by atoms with Gasteiger partial charge in [-0.05, 0) is 129 Å². The summed E-state index contributed by atoms with van der Waals surface area (Å²) >= 11 is 0. The van der Waals surface area contributed by atoms with Crippen LogP contribution in [0.4, 0.5) is 0 Å². The summed E-state index contributed by atoms with van der Waals surface area (Å²) in [4.78, 5) is 26.2. The molecule has 52 heavy (non-hydrogen) atoms. The van der Waals surface area contributed by atoms with Gasteiger partial charge in [-0.3, -0.25) is 4.79 Å². The van der Waals surface area contributed by atoms with Gasteiger partial charge in [0.15, 0.2) is 6.61 Å². The Labute approximate surface area is 310 Å². The maximum atomic E-state index is 13.2. The van der Waals surface area contributed by atoms with Gasteiger partial charge in [-0.15, -0.1) is 0 Å². The molecule has 0 bridgehead atoms. The van der Waals surface area contributed by atoms with Crippen molar-refractivity contribution in [2.75, 3.05) is 6.61 Å². The third-order valence-corrected chi connectivity index (χ3v) is 14.0. The van der Waals surface area contributed by atoms with Crippen LogP contribution in [0, 0.1) is 53.3 Å². The van der Waals surface area contributed by atoms with Gasteiger partial charge in [0.05, 0.1) is 5.39 Å². The summed E-state index contributed by atoms with van der Waals surface area (Å²) in [5, 5.41) is 0.386. The van der Waals surface area contributed by atoms with Crippen LogP contribution >= 0.6 is 0 Å². The highest BCUT2D eigenvalue weighted by atomic mass is 16.6. The smallest absolute Gasteiger partial charge is 0.344 e. The van der Waals surface area contributed by atoms with E-state index in [1.807, 2.05) is 18.2 Å². The topological polar surface area (TPSA) is 75.0 Å². The molecule has 4 aliphatic rings. The van der Waals surface area contributed by atoms with Crippen molar-refractivity contribution in [2.24, 2.45) is 46.3 Å². The van der Waals surface area contributed by atoms with Crippen LogP contribution in [0.1, 0.15) is 117 Å². The lowest BCUT2D eigenvalue weighted by Gasteiger charge is -2.61. The molecule has 4 aliphatic carbocycles. The molecule has 0 unspecified atom stereocenters. The molecule has 6 nitrogen and oxygen atoms in total. The van der Waals surface area contributed by atoms with Crippen molar-refractivity contribution in [2.45, 2.75) is 125 Å². The maximum Gasteiger partial charge on any atom is 0.344 e. The summed E-state index contributed by atoms with van der Waals surface area (Å²) in [5.41, 5.74) is 2.34. The molecule has 0 radical (unpaired) electrons. The number of ether oxygens (including phenoxy) is 3. The van der Waals surface area contributed by atoms with E-state index in [0.29, 0.717) is 33.6 Å². The summed E-state index contributed by atoms with van der Waals surface area (Å²) in [7, 11) is 0. The molecule has 0 amide bonds. The fourth-order valence-electron chi connectivity index (χ4n) is 11.0. The zero-order valence-corrected chi connectivity index (χ0v) is 32.4.